The maximum atomic E-state index is 12.4. The quantitative estimate of drug-likeness (QED) is 0.717. The molecule has 1 heterocycles. The molecule has 3 rings (SSSR count). The van der Waals surface area contributed by atoms with Crippen LogP contribution in [0.3, 0.4) is 0 Å². The van der Waals surface area contributed by atoms with Gasteiger partial charge in [-0.2, -0.15) is 0 Å². The number of methoxy groups -OCH3 is 2. The number of hydrogen-bond acceptors (Lipinski definition) is 6. The monoisotopic (exact) mass is 321 g/mol. The molecule has 0 bridgehead atoms. The molecule has 6 nitrogen and oxygen atoms in total. The van der Waals surface area contributed by atoms with Gasteiger partial charge in [-0.05, 0) is 24.8 Å². The van der Waals surface area contributed by atoms with Crippen molar-refractivity contribution >= 4 is 11.9 Å². The first-order valence-corrected chi connectivity index (χ1v) is 8.06. The van der Waals surface area contributed by atoms with Crippen molar-refractivity contribution in [3.8, 4) is 0 Å². The van der Waals surface area contributed by atoms with E-state index in [1.807, 2.05) is 7.05 Å². The second kappa shape index (κ2) is 6.35. The number of carbonyl (C=O) groups is 2. The zero-order valence-electron chi connectivity index (χ0n) is 13.9. The van der Waals surface area contributed by atoms with Gasteiger partial charge in [-0.3, -0.25) is 0 Å². The van der Waals surface area contributed by atoms with E-state index >= 15 is 0 Å². The number of likely N-dealkylation sites (N-methyl/N-ethyl adjacent to an activating group) is 1. The van der Waals surface area contributed by atoms with Gasteiger partial charge >= 0.3 is 11.9 Å². The van der Waals surface area contributed by atoms with E-state index in [4.69, 9.17) is 14.2 Å². The number of morpholine rings is 1. The summed E-state index contributed by atoms with van der Waals surface area (Å²) in [4.78, 5) is 27.0. The summed E-state index contributed by atoms with van der Waals surface area (Å²) in [6, 6.07) is 0. The number of allylic oxidation sites excluding steroid dienone is 1. The molecule has 0 spiro atoms. The van der Waals surface area contributed by atoms with Crippen molar-refractivity contribution < 1.29 is 23.8 Å². The Hall–Kier alpha value is -1.82. The summed E-state index contributed by atoms with van der Waals surface area (Å²) in [5.41, 5.74) is 3.00. The molecule has 3 aliphatic rings. The fraction of sp³-hybridized carbons (Fsp3) is 0.647. The Morgan fingerprint density at radius 1 is 1.13 bits per heavy atom. The molecule has 2 atom stereocenters. The SMILES string of the molecule is COC(=O)C1=C(C(=O)OC)C2OCCN(C)C2=C2CCCCC21. The summed E-state index contributed by atoms with van der Waals surface area (Å²) in [6.07, 6.45) is 3.38. The Bertz CT molecular complexity index is 592. The van der Waals surface area contributed by atoms with Crippen molar-refractivity contribution in [2.24, 2.45) is 5.92 Å². The number of esters is 2. The van der Waals surface area contributed by atoms with Crippen LogP contribution >= 0.6 is 0 Å². The zero-order valence-corrected chi connectivity index (χ0v) is 13.9. The normalized spacial score (nSPS) is 27.3. The number of hydrogen-bond donors (Lipinski definition) is 0. The molecule has 0 aromatic carbocycles. The minimum absolute atomic E-state index is 0.0688. The Morgan fingerprint density at radius 2 is 1.83 bits per heavy atom. The highest BCUT2D eigenvalue weighted by molar-refractivity contribution is 6.03. The highest BCUT2D eigenvalue weighted by atomic mass is 16.5. The number of carbonyl (C=O) groups excluding carboxylic acids is 2. The maximum Gasteiger partial charge on any atom is 0.337 e. The van der Waals surface area contributed by atoms with Gasteiger partial charge in [-0.1, -0.05) is 6.42 Å². The molecule has 23 heavy (non-hydrogen) atoms. The van der Waals surface area contributed by atoms with E-state index in [1.165, 1.54) is 19.8 Å². The molecule has 0 radical (unpaired) electrons. The molecule has 0 N–H and O–H groups in total. The minimum atomic E-state index is -0.528. The Morgan fingerprint density at radius 3 is 2.52 bits per heavy atom. The Balaban J connectivity index is 2.19. The summed E-state index contributed by atoms with van der Waals surface area (Å²) >= 11 is 0. The summed E-state index contributed by atoms with van der Waals surface area (Å²) in [5.74, 6) is -1.03. The maximum absolute atomic E-state index is 12.4. The van der Waals surface area contributed by atoms with Crippen LogP contribution in [0.1, 0.15) is 25.7 Å². The first-order chi connectivity index (χ1) is 11.1. The van der Waals surface area contributed by atoms with Gasteiger partial charge in [0.1, 0.15) is 6.10 Å². The van der Waals surface area contributed by atoms with E-state index in [1.54, 1.807) is 0 Å². The van der Waals surface area contributed by atoms with Crippen LogP contribution in [0.2, 0.25) is 0 Å². The predicted octanol–water partition coefficient (Wildman–Crippen LogP) is 1.42. The summed E-state index contributed by atoms with van der Waals surface area (Å²) in [5, 5.41) is 0. The van der Waals surface area contributed by atoms with Gasteiger partial charge in [0.2, 0.25) is 0 Å². The average Bonchev–Trinajstić information content (AvgIpc) is 2.59. The summed E-state index contributed by atoms with van der Waals surface area (Å²) in [6.45, 7) is 1.29. The lowest BCUT2D eigenvalue weighted by Crippen LogP contribution is -2.46. The molecule has 1 aliphatic heterocycles. The fourth-order valence-electron chi connectivity index (χ4n) is 4.00. The van der Waals surface area contributed by atoms with E-state index in [0.717, 1.165) is 37.9 Å². The van der Waals surface area contributed by atoms with E-state index in [0.29, 0.717) is 17.8 Å². The first-order valence-electron chi connectivity index (χ1n) is 8.06. The molecular formula is C17H23NO5. The molecule has 6 heteroatoms. The molecule has 0 aromatic rings. The van der Waals surface area contributed by atoms with E-state index in [9.17, 15) is 9.59 Å². The van der Waals surface area contributed by atoms with Crippen LogP contribution in [-0.2, 0) is 23.8 Å². The van der Waals surface area contributed by atoms with Crippen LogP contribution in [0.4, 0.5) is 0 Å². The predicted molar refractivity (Wildman–Crippen MR) is 82.4 cm³/mol. The topological polar surface area (TPSA) is 65.1 Å². The molecule has 2 unspecified atom stereocenters. The van der Waals surface area contributed by atoms with Crippen molar-refractivity contribution in [2.45, 2.75) is 31.8 Å². The second-order valence-corrected chi connectivity index (χ2v) is 6.19. The van der Waals surface area contributed by atoms with Gasteiger partial charge in [-0.15, -0.1) is 0 Å². The molecule has 1 saturated heterocycles. The lowest BCUT2D eigenvalue weighted by Gasteiger charge is -2.44. The van der Waals surface area contributed by atoms with Crippen LogP contribution in [-0.4, -0.2) is 57.4 Å². The molecular weight excluding hydrogens is 298 g/mol. The van der Waals surface area contributed by atoms with E-state index in [2.05, 4.69) is 4.90 Å². The molecule has 0 amide bonds. The zero-order chi connectivity index (χ0) is 16.6. The fourth-order valence-corrected chi connectivity index (χ4v) is 4.00. The van der Waals surface area contributed by atoms with Gasteiger partial charge < -0.3 is 19.1 Å². The molecule has 2 fully saturated rings. The van der Waals surface area contributed by atoms with Gasteiger partial charge in [0.25, 0.3) is 0 Å². The number of nitrogens with zero attached hydrogens (tertiary/aromatic N) is 1. The summed E-state index contributed by atoms with van der Waals surface area (Å²) < 4.78 is 15.8. The van der Waals surface area contributed by atoms with Gasteiger partial charge in [-0.25, -0.2) is 9.59 Å². The van der Waals surface area contributed by atoms with Crippen molar-refractivity contribution in [1.29, 1.82) is 0 Å². The first kappa shape index (κ1) is 16.1. The van der Waals surface area contributed by atoms with Crippen LogP contribution in [0.15, 0.2) is 22.4 Å². The van der Waals surface area contributed by atoms with Gasteiger partial charge in [0.05, 0.1) is 32.0 Å². The Labute approximate surface area is 136 Å². The summed E-state index contributed by atoms with van der Waals surface area (Å²) in [7, 11) is 4.69. The third-order valence-electron chi connectivity index (χ3n) is 5.02. The second-order valence-electron chi connectivity index (χ2n) is 6.19. The highest BCUT2D eigenvalue weighted by Gasteiger charge is 2.46. The minimum Gasteiger partial charge on any atom is -0.466 e. The largest absolute Gasteiger partial charge is 0.466 e. The number of rotatable bonds is 2. The van der Waals surface area contributed by atoms with Crippen molar-refractivity contribution in [1.82, 2.24) is 4.90 Å². The number of ether oxygens (including phenoxy) is 3. The lowest BCUT2D eigenvalue weighted by molar-refractivity contribution is -0.141. The van der Waals surface area contributed by atoms with E-state index in [-0.39, 0.29) is 5.92 Å². The van der Waals surface area contributed by atoms with Gasteiger partial charge in [0.15, 0.2) is 0 Å². The highest BCUT2D eigenvalue weighted by Crippen LogP contribution is 2.46. The van der Waals surface area contributed by atoms with Gasteiger partial charge in [0, 0.05) is 25.2 Å². The smallest absolute Gasteiger partial charge is 0.337 e. The average molecular weight is 321 g/mol. The molecule has 0 aromatic heterocycles. The Kier molecular flexibility index (Phi) is 4.43. The van der Waals surface area contributed by atoms with Crippen LogP contribution < -0.4 is 0 Å². The molecule has 2 aliphatic carbocycles. The third kappa shape index (κ3) is 2.55. The lowest BCUT2D eigenvalue weighted by atomic mass is 9.71. The van der Waals surface area contributed by atoms with Crippen molar-refractivity contribution in [2.75, 3.05) is 34.4 Å². The molecule has 1 saturated carbocycles. The molecule has 126 valence electrons. The van der Waals surface area contributed by atoms with Crippen molar-refractivity contribution in [3.05, 3.63) is 22.4 Å². The van der Waals surface area contributed by atoms with Crippen LogP contribution in [0.5, 0.6) is 0 Å². The van der Waals surface area contributed by atoms with E-state index < -0.39 is 18.0 Å². The van der Waals surface area contributed by atoms with Crippen LogP contribution in [0.25, 0.3) is 0 Å². The van der Waals surface area contributed by atoms with Crippen LogP contribution in [0, 0.1) is 5.92 Å². The third-order valence-corrected chi connectivity index (χ3v) is 5.02. The number of fused-ring (bicyclic) bond motifs is 2. The van der Waals surface area contributed by atoms with Crippen molar-refractivity contribution in [3.63, 3.8) is 0 Å². The standard InChI is InChI=1S/C17H23NO5/c1-18-8-9-23-15-13(17(20)22-3)12(16(19)21-2)10-6-4-5-7-11(10)14(15)18/h10,15H,4-9H2,1-3H3.